The minimum Gasteiger partial charge on any atom is -0.381 e. The number of hydrogen-bond donors (Lipinski definition) is 1. The van der Waals surface area contributed by atoms with Crippen molar-refractivity contribution in [2.24, 2.45) is 5.92 Å². The van der Waals surface area contributed by atoms with Crippen LogP contribution in [0.1, 0.15) is 12.8 Å². The average molecular weight is 277 g/mol. The van der Waals surface area contributed by atoms with Crippen LogP contribution in [0.15, 0.2) is 9.98 Å². The quantitative estimate of drug-likeness (QED) is 0.918. The van der Waals surface area contributed by atoms with Crippen molar-refractivity contribution in [1.29, 1.82) is 0 Å². The fraction of sp³-hybridized carbons (Fsp3) is 0.667. The summed E-state index contributed by atoms with van der Waals surface area (Å²) in [5.41, 5.74) is 0. The Morgan fingerprint density at radius 3 is 3.29 bits per heavy atom. The first-order valence-corrected chi connectivity index (χ1v) is 6.44. The van der Waals surface area contributed by atoms with E-state index in [1.54, 1.807) is 11.3 Å². The summed E-state index contributed by atoms with van der Waals surface area (Å²) >= 11 is 4.96. The van der Waals surface area contributed by atoms with Crippen LogP contribution < -0.4 is 5.32 Å². The molecule has 0 spiro atoms. The molecule has 5 heteroatoms. The zero-order chi connectivity index (χ0) is 9.80. The molecule has 1 saturated heterocycles. The largest absolute Gasteiger partial charge is 0.381 e. The molecule has 0 amide bonds. The smallest absolute Gasteiger partial charge is 0.183 e. The number of nitrogens with zero attached hydrogens (tertiary/aromatic N) is 1. The van der Waals surface area contributed by atoms with Crippen molar-refractivity contribution in [2.75, 3.05) is 25.1 Å². The van der Waals surface area contributed by atoms with Crippen molar-refractivity contribution in [1.82, 2.24) is 4.98 Å². The van der Waals surface area contributed by atoms with Crippen LogP contribution in [0.2, 0.25) is 0 Å². The lowest BCUT2D eigenvalue weighted by Crippen LogP contribution is -2.08. The molecular formula is C9H13BrN2OS. The summed E-state index contributed by atoms with van der Waals surface area (Å²) in [5, 5.41) is 6.30. The molecule has 1 unspecified atom stereocenters. The van der Waals surface area contributed by atoms with Gasteiger partial charge in [0.2, 0.25) is 0 Å². The summed E-state index contributed by atoms with van der Waals surface area (Å²) in [4.78, 5) is 4.27. The maximum atomic E-state index is 5.32. The molecule has 3 nitrogen and oxygen atoms in total. The maximum Gasteiger partial charge on any atom is 0.183 e. The number of nitrogens with one attached hydrogen (secondary N) is 1. The van der Waals surface area contributed by atoms with Crippen molar-refractivity contribution < 1.29 is 4.74 Å². The van der Waals surface area contributed by atoms with Crippen LogP contribution in [-0.2, 0) is 4.74 Å². The molecule has 1 aliphatic rings. The summed E-state index contributed by atoms with van der Waals surface area (Å²) in [6, 6.07) is 0. The summed E-state index contributed by atoms with van der Waals surface area (Å²) in [6.07, 6.45) is 2.39. The SMILES string of the molecule is Brc1csc(NCCC2CCOC2)n1. The van der Waals surface area contributed by atoms with Crippen LogP contribution in [0.25, 0.3) is 0 Å². The molecule has 1 atom stereocenters. The van der Waals surface area contributed by atoms with Gasteiger partial charge in [-0.3, -0.25) is 0 Å². The van der Waals surface area contributed by atoms with Crippen molar-refractivity contribution >= 4 is 32.4 Å². The number of thiazole rings is 1. The first-order valence-electron chi connectivity index (χ1n) is 4.77. The van der Waals surface area contributed by atoms with E-state index in [-0.39, 0.29) is 0 Å². The van der Waals surface area contributed by atoms with Gasteiger partial charge in [0.05, 0.1) is 0 Å². The van der Waals surface area contributed by atoms with E-state index in [1.807, 2.05) is 5.38 Å². The van der Waals surface area contributed by atoms with E-state index in [0.29, 0.717) is 0 Å². The fourth-order valence-electron chi connectivity index (χ4n) is 1.53. The van der Waals surface area contributed by atoms with Crippen LogP contribution in [0.4, 0.5) is 5.13 Å². The molecule has 0 saturated carbocycles. The predicted octanol–water partition coefficient (Wildman–Crippen LogP) is 2.74. The highest BCUT2D eigenvalue weighted by Crippen LogP contribution is 2.20. The number of anilines is 1. The second-order valence-corrected chi connectivity index (χ2v) is 5.09. The lowest BCUT2D eigenvalue weighted by atomic mass is 10.1. The van der Waals surface area contributed by atoms with Crippen LogP contribution in [0.5, 0.6) is 0 Å². The maximum absolute atomic E-state index is 5.32. The zero-order valence-electron chi connectivity index (χ0n) is 7.83. The molecular weight excluding hydrogens is 264 g/mol. The standard InChI is InChI=1S/C9H13BrN2OS/c10-8-6-14-9(12-8)11-3-1-7-2-4-13-5-7/h6-7H,1-5H2,(H,11,12). The highest BCUT2D eigenvalue weighted by molar-refractivity contribution is 9.10. The third-order valence-electron chi connectivity index (χ3n) is 2.33. The highest BCUT2D eigenvalue weighted by atomic mass is 79.9. The Hall–Kier alpha value is -0.130. The highest BCUT2D eigenvalue weighted by Gasteiger charge is 2.14. The van der Waals surface area contributed by atoms with E-state index in [1.165, 1.54) is 12.8 Å². The lowest BCUT2D eigenvalue weighted by Gasteiger charge is -2.06. The van der Waals surface area contributed by atoms with E-state index in [0.717, 1.165) is 35.4 Å². The lowest BCUT2D eigenvalue weighted by molar-refractivity contribution is 0.185. The Kier molecular flexibility index (Phi) is 3.78. The minimum absolute atomic E-state index is 0.742. The molecule has 0 aromatic carbocycles. The molecule has 1 aromatic heterocycles. The van der Waals surface area contributed by atoms with Gasteiger partial charge in [0, 0.05) is 25.1 Å². The summed E-state index contributed by atoms with van der Waals surface area (Å²) in [5.74, 6) is 0.742. The first-order chi connectivity index (χ1) is 6.84. The van der Waals surface area contributed by atoms with Crippen molar-refractivity contribution in [2.45, 2.75) is 12.8 Å². The summed E-state index contributed by atoms with van der Waals surface area (Å²) in [6.45, 7) is 2.87. The van der Waals surface area contributed by atoms with E-state index in [9.17, 15) is 0 Å². The molecule has 2 rings (SSSR count). The molecule has 0 aliphatic carbocycles. The topological polar surface area (TPSA) is 34.1 Å². The molecule has 0 bridgehead atoms. The number of ether oxygens (including phenoxy) is 1. The Balaban J connectivity index is 1.67. The van der Waals surface area contributed by atoms with Gasteiger partial charge >= 0.3 is 0 Å². The Labute approximate surface area is 96.0 Å². The molecule has 0 radical (unpaired) electrons. The van der Waals surface area contributed by atoms with Gasteiger partial charge in [0.1, 0.15) is 4.60 Å². The van der Waals surface area contributed by atoms with Crippen LogP contribution in [0.3, 0.4) is 0 Å². The summed E-state index contributed by atoms with van der Waals surface area (Å²) < 4.78 is 6.23. The Bertz CT molecular complexity index is 286. The van der Waals surface area contributed by atoms with E-state index >= 15 is 0 Å². The van der Waals surface area contributed by atoms with Gasteiger partial charge < -0.3 is 10.1 Å². The van der Waals surface area contributed by atoms with Crippen LogP contribution >= 0.6 is 27.3 Å². The number of rotatable bonds is 4. The zero-order valence-corrected chi connectivity index (χ0v) is 10.2. The first kappa shape index (κ1) is 10.4. The number of aromatic nitrogens is 1. The van der Waals surface area contributed by atoms with Crippen molar-refractivity contribution in [3.63, 3.8) is 0 Å². The molecule has 1 N–H and O–H groups in total. The molecule has 1 aliphatic heterocycles. The third kappa shape index (κ3) is 2.93. The van der Waals surface area contributed by atoms with E-state index in [4.69, 9.17) is 4.74 Å². The predicted molar refractivity (Wildman–Crippen MR) is 61.8 cm³/mol. The molecule has 14 heavy (non-hydrogen) atoms. The third-order valence-corrected chi connectivity index (χ3v) is 3.84. The minimum atomic E-state index is 0.742. The number of halogens is 1. The van der Waals surface area contributed by atoms with Crippen molar-refractivity contribution in [3.8, 4) is 0 Å². The van der Waals surface area contributed by atoms with E-state index in [2.05, 4.69) is 26.2 Å². The van der Waals surface area contributed by atoms with E-state index < -0.39 is 0 Å². The molecule has 1 fully saturated rings. The fourth-order valence-corrected chi connectivity index (χ4v) is 2.70. The van der Waals surface area contributed by atoms with Crippen molar-refractivity contribution in [3.05, 3.63) is 9.98 Å². The normalized spacial score (nSPS) is 21.4. The van der Waals surface area contributed by atoms with Gasteiger partial charge in [-0.15, -0.1) is 11.3 Å². The van der Waals surface area contributed by atoms with Crippen LogP contribution in [0, 0.1) is 5.92 Å². The van der Waals surface area contributed by atoms with Crippen LogP contribution in [-0.4, -0.2) is 24.7 Å². The van der Waals surface area contributed by atoms with Gasteiger partial charge in [-0.1, -0.05) is 0 Å². The van der Waals surface area contributed by atoms with Gasteiger partial charge in [-0.05, 0) is 34.7 Å². The average Bonchev–Trinajstić information content (AvgIpc) is 2.77. The summed E-state index contributed by atoms with van der Waals surface area (Å²) in [7, 11) is 0. The Morgan fingerprint density at radius 2 is 2.64 bits per heavy atom. The molecule has 1 aromatic rings. The van der Waals surface area contributed by atoms with Gasteiger partial charge in [-0.25, -0.2) is 4.98 Å². The Morgan fingerprint density at radius 1 is 1.71 bits per heavy atom. The van der Waals surface area contributed by atoms with Gasteiger partial charge in [-0.2, -0.15) is 0 Å². The second-order valence-electron chi connectivity index (χ2n) is 3.42. The molecule has 78 valence electrons. The molecule has 2 heterocycles. The second kappa shape index (κ2) is 5.09. The number of hydrogen-bond acceptors (Lipinski definition) is 4. The van der Waals surface area contributed by atoms with Gasteiger partial charge in [0.15, 0.2) is 5.13 Å². The van der Waals surface area contributed by atoms with Gasteiger partial charge in [0.25, 0.3) is 0 Å². The monoisotopic (exact) mass is 276 g/mol.